The molecule has 0 saturated heterocycles. The van der Waals surface area contributed by atoms with Crippen molar-refractivity contribution in [3.05, 3.63) is 0 Å². The molecule has 0 aliphatic heterocycles. The van der Waals surface area contributed by atoms with Gasteiger partial charge < -0.3 is 10.0 Å². The van der Waals surface area contributed by atoms with Crippen LogP contribution in [0.15, 0.2) is 0 Å². The molecule has 0 spiro atoms. The van der Waals surface area contributed by atoms with Gasteiger partial charge in [0.2, 0.25) is 0 Å². The van der Waals surface area contributed by atoms with Crippen molar-refractivity contribution in [2.24, 2.45) is 0 Å². The van der Waals surface area contributed by atoms with Gasteiger partial charge in [-0.25, -0.2) is 0 Å². The Hall–Kier alpha value is 0.430. The summed E-state index contributed by atoms with van der Waals surface area (Å²) in [5, 5.41) is 7.72. The minimum Gasteiger partial charge on any atom is -0.481 e. The van der Waals surface area contributed by atoms with Crippen molar-refractivity contribution in [2.45, 2.75) is 84.5 Å². The molecule has 0 fully saturated rings. The minimum absolute atomic E-state index is 0. The molecule has 0 aromatic rings. The predicted octanol–water partition coefficient (Wildman–Crippen LogP) is 4.57. The van der Waals surface area contributed by atoms with Gasteiger partial charge in [-0.3, -0.25) is 4.79 Å². The maximum absolute atomic E-state index is 9.37. The van der Waals surface area contributed by atoms with E-state index in [9.17, 15) is 4.79 Å². The van der Waals surface area contributed by atoms with E-state index in [4.69, 9.17) is 5.11 Å². The molecule has 0 rings (SSSR count). The Morgan fingerprint density at radius 2 is 1.14 bits per heavy atom. The van der Waals surface area contributed by atoms with Crippen LogP contribution in [0.25, 0.3) is 0 Å². The molecule has 3 nitrogen and oxygen atoms in total. The zero-order chi connectivity index (χ0) is 15.6. The molecule has 0 bridgehead atoms. The maximum Gasteiger partial charge on any atom is 0.303 e. The third kappa shape index (κ3) is 33.3. The summed E-state index contributed by atoms with van der Waals surface area (Å²) in [6.45, 7) is 5.14. The van der Waals surface area contributed by atoms with Crippen LogP contribution in [0.3, 0.4) is 0 Å². The van der Waals surface area contributed by atoms with Crippen molar-refractivity contribution >= 4 is 35.5 Å². The topological polar surface area (TPSA) is 40.5 Å². The van der Waals surface area contributed by atoms with E-state index in [1.807, 2.05) is 0 Å². The molecule has 0 unspecified atom stereocenters. The Morgan fingerprint density at radius 3 is 1.43 bits per heavy atom. The van der Waals surface area contributed by atoms with E-state index < -0.39 is 5.97 Å². The first-order valence-corrected chi connectivity index (χ1v) is 8.41. The van der Waals surface area contributed by atoms with E-state index >= 15 is 0 Å². The molecule has 4 heteroatoms. The smallest absolute Gasteiger partial charge is 0.303 e. The summed E-state index contributed by atoms with van der Waals surface area (Å²) >= 11 is 0. The van der Waals surface area contributed by atoms with Gasteiger partial charge in [-0.05, 0) is 27.1 Å². The number of carbonyl (C=O) groups is 1. The number of carboxylic acid groups (broad SMARTS) is 1. The maximum atomic E-state index is 9.37. The Morgan fingerprint density at radius 1 is 0.810 bits per heavy atom. The number of hydrogen-bond donors (Lipinski definition) is 1. The fraction of sp³-hybridized carbons (Fsp3) is 0.941. The number of nitrogens with zero attached hydrogens (tertiary/aromatic N) is 1. The first-order chi connectivity index (χ1) is 9.54. The summed E-state index contributed by atoms with van der Waals surface area (Å²) in [5.74, 6) is -0.745. The van der Waals surface area contributed by atoms with E-state index in [1.54, 1.807) is 6.92 Å². The monoisotopic (exact) mass is 310 g/mol. The van der Waals surface area contributed by atoms with Gasteiger partial charge in [0.05, 0.1) is 0 Å². The molecule has 0 saturated carbocycles. The van der Waals surface area contributed by atoms with Crippen molar-refractivity contribution in [1.82, 2.24) is 4.90 Å². The van der Waals surface area contributed by atoms with Crippen molar-refractivity contribution in [1.29, 1.82) is 0 Å². The second-order valence-electron chi connectivity index (χ2n) is 5.73. The van der Waals surface area contributed by atoms with Crippen molar-refractivity contribution in [3.63, 3.8) is 0 Å². The summed E-state index contributed by atoms with van der Waals surface area (Å²) in [6, 6.07) is 0. The van der Waals surface area contributed by atoms with E-state index in [0.717, 1.165) is 0 Å². The largest absolute Gasteiger partial charge is 0.481 e. The summed E-state index contributed by atoms with van der Waals surface area (Å²) in [5.41, 5.74) is 0. The Balaban J connectivity index is -0.000000465. The summed E-state index contributed by atoms with van der Waals surface area (Å²) in [4.78, 5) is 11.7. The number of unbranched alkanes of at least 4 members (excludes halogenated alkanes) is 9. The fourth-order valence-corrected chi connectivity index (χ4v) is 1.92. The first kappa shape index (κ1) is 26.3. The van der Waals surface area contributed by atoms with Crippen LogP contribution in [-0.4, -0.2) is 66.2 Å². The van der Waals surface area contributed by atoms with Crippen LogP contribution < -0.4 is 0 Å². The van der Waals surface area contributed by atoms with Gasteiger partial charge in [0, 0.05) is 36.0 Å². The molecule has 123 valence electrons. The average molecular weight is 310 g/mol. The van der Waals surface area contributed by atoms with Gasteiger partial charge in [-0.1, -0.05) is 71.6 Å². The molecule has 21 heavy (non-hydrogen) atoms. The molecule has 0 heterocycles. The summed E-state index contributed by atoms with van der Waals surface area (Å²) in [6.07, 6.45) is 14.6. The van der Waals surface area contributed by atoms with E-state index in [-0.39, 0.29) is 36.0 Å². The second kappa shape index (κ2) is 22.7. The molecule has 0 aliphatic rings. The van der Waals surface area contributed by atoms with Gasteiger partial charge >= 0.3 is 5.97 Å². The predicted molar refractivity (Wildman–Crippen MR) is 94.1 cm³/mol. The van der Waals surface area contributed by atoms with E-state index in [1.165, 1.54) is 70.8 Å². The van der Waals surface area contributed by atoms with Crippen molar-refractivity contribution in [2.75, 3.05) is 20.6 Å². The van der Waals surface area contributed by atoms with Crippen LogP contribution in [0.1, 0.15) is 84.5 Å². The van der Waals surface area contributed by atoms with E-state index in [0.29, 0.717) is 0 Å². The molecule has 1 N–H and O–H groups in total. The van der Waals surface area contributed by atoms with Gasteiger partial charge in [-0.2, -0.15) is 0 Å². The standard InChI is InChI=1S/C14H31N.C3H6O2.Na/c1-4-5-6-7-8-9-10-11-12-13-14-15(2)3;1-2-3(4)5;/h4-14H2,1-3H3;2H2,1H3,(H,4,5);. The molecular weight excluding hydrogens is 273 g/mol. The van der Waals surface area contributed by atoms with E-state index in [2.05, 4.69) is 25.9 Å². The zero-order valence-corrected chi connectivity index (χ0v) is 17.3. The Bertz CT molecular complexity index is 199. The van der Waals surface area contributed by atoms with Crippen molar-refractivity contribution in [3.8, 4) is 0 Å². The van der Waals surface area contributed by atoms with Crippen LogP contribution in [0.4, 0.5) is 0 Å². The summed E-state index contributed by atoms with van der Waals surface area (Å²) in [7, 11) is 4.32. The van der Waals surface area contributed by atoms with Gasteiger partial charge in [0.1, 0.15) is 0 Å². The van der Waals surface area contributed by atoms with Gasteiger partial charge in [-0.15, -0.1) is 0 Å². The summed E-state index contributed by atoms with van der Waals surface area (Å²) < 4.78 is 0. The number of rotatable bonds is 12. The van der Waals surface area contributed by atoms with Gasteiger partial charge in [0.25, 0.3) is 0 Å². The molecule has 1 radical (unpaired) electrons. The third-order valence-electron chi connectivity index (χ3n) is 3.26. The molecule has 0 amide bonds. The normalized spacial score (nSPS) is 9.76. The fourth-order valence-electron chi connectivity index (χ4n) is 1.92. The third-order valence-corrected chi connectivity index (χ3v) is 3.26. The zero-order valence-electron chi connectivity index (χ0n) is 15.3. The molecule has 0 aromatic carbocycles. The number of aliphatic carboxylic acids is 1. The van der Waals surface area contributed by atoms with Crippen LogP contribution in [0.2, 0.25) is 0 Å². The Labute approximate surface area is 155 Å². The van der Waals surface area contributed by atoms with Crippen LogP contribution in [0.5, 0.6) is 0 Å². The van der Waals surface area contributed by atoms with Gasteiger partial charge in [0.15, 0.2) is 0 Å². The van der Waals surface area contributed by atoms with Crippen LogP contribution in [0, 0.1) is 0 Å². The Kier molecular flexibility index (Phi) is 28.5. The van der Waals surface area contributed by atoms with Crippen LogP contribution >= 0.6 is 0 Å². The van der Waals surface area contributed by atoms with Crippen molar-refractivity contribution < 1.29 is 9.90 Å². The molecule has 0 aromatic heterocycles. The second-order valence-corrected chi connectivity index (χ2v) is 5.73. The molecular formula is C17H37NNaO2. The SMILES string of the molecule is CCC(=O)O.CCCCCCCCCCCCN(C)C.[Na]. The first-order valence-electron chi connectivity index (χ1n) is 8.41. The molecule has 0 aliphatic carbocycles. The molecule has 0 atom stereocenters. The quantitative estimate of drug-likeness (QED) is 0.424. The minimum atomic E-state index is -0.745. The van der Waals surface area contributed by atoms with Crippen LogP contribution in [-0.2, 0) is 4.79 Å². The average Bonchev–Trinajstić information content (AvgIpc) is 2.41. The number of carboxylic acids is 1. The number of hydrogen-bond acceptors (Lipinski definition) is 2.